The molecule has 2 aromatic rings. The third-order valence-electron chi connectivity index (χ3n) is 2.53. The van der Waals surface area contributed by atoms with Gasteiger partial charge in [-0.25, -0.2) is 9.97 Å². The number of aromatic nitrogens is 2. The zero-order valence-electron chi connectivity index (χ0n) is 9.83. The van der Waals surface area contributed by atoms with Crippen LogP contribution >= 0.6 is 15.9 Å². The van der Waals surface area contributed by atoms with Crippen molar-refractivity contribution >= 4 is 21.7 Å². The van der Waals surface area contributed by atoms with Crippen molar-refractivity contribution in [3.63, 3.8) is 0 Å². The van der Waals surface area contributed by atoms with Gasteiger partial charge in [-0.05, 0) is 35.3 Å². The van der Waals surface area contributed by atoms with Crippen molar-refractivity contribution in [3.05, 3.63) is 28.3 Å². The minimum absolute atomic E-state index is 0.471. The summed E-state index contributed by atoms with van der Waals surface area (Å²) in [6.45, 7) is 3.99. The number of furan rings is 1. The van der Waals surface area contributed by atoms with Crippen LogP contribution in [-0.2, 0) is 6.42 Å². The second-order valence-electron chi connectivity index (χ2n) is 3.83. The summed E-state index contributed by atoms with van der Waals surface area (Å²) in [5, 5.41) is 0. The summed E-state index contributed by atoms with van der Waals surface area (Å²) < 4.78 is 6.05. The average Bonchev–Trinajstić information content (AvgIpc) is 2.71. The van der Waals surface area contributed by atoms with Gasteiger partial charge in [-0.15, -0.1) is 0 Å². The highest BCUT2D eigenvalue weighted by Crippen LogP contribution is 2.27. The van der Waals surface area contributed by atoms with E-state index in [4.69, 9.17) is 10.2 Å². The molecular weight excluding hydrogens is 282 g/mol. The zero-order valence-corrected chi connectivity index (χ0v) is 11.4. The van der Waals surface area contributed by atoms with Crippen LogP contribution in [0, 0.1) is 6.92 Å². The third kappa shape index (κ3) is 2.34. The van der Waals surface area contributed by atoms with Crippen LogP contribution in [0.3, 0.4) is 0 Å². The SMILES string of the molecule is CCCc1nc(-c2ccoc2C)nc(N)c1Br. The zero-order chi connectivity index (χ0) is 12.4. The number of rotatable bonds is 3. The van der Waals surface area contributed by atoms with E-state index in [1.807, 2.05) is 13.0 Å². The maximum absolute atomic E-state index is 5.88. The first-order chi connectivity index (χ1) is 8.13. The summed E-state index contributed by atoms with van der Waals surface area (Å²) in [7, 11) is 0. The number of halogens is 1. The Hall–Kier alpha value is -1.36. The second-order valence-corrected chi connectivity index (χ2v) is 4.63. The largest absolute Gasteiger partial charge is 0.469 e. The van der Waals surface area contributed by atoms with Crippen LogP contribution < -0.4 is 5.73 Å². The Bertz CT molecular complexity index is 537. The van der Waals surface area contributed by atoms with E-state index in [2.05, 4.69) is 32.8 Å². The Morgan fingerprint density at radius 2 is 2.18 bits per heavy atom. The number of hydrogen-bond donors (Lipinski definition) is 1. The van der Waals surface area contributed by atoms with Crippen LogP contribution in [-0.4, -0.2) is 9.97 Å². The lowest BCUT2D eigenvalue weighted by Gasteiger charge is -2.07. The molecule has 0 saturated carbocycles. The summed E-state index contributed by atoms with van der Waals surface area (Å²) >= 11 is 3.42. The molecule has 0 aliphatic heterocycles. The van der Waals surface area contributed by atoms with Crippen molar-refractivity contribution in [2.24, 2.45) is 0 Å². The fraction of sp³-hybridized carbons (Fsp3) is 0.333. The first-order valence-electron chi connectivity index (χ1n) is 5.49. The van der Waals surface area contributed by atoms with Gasteiger partial charge >= 0.3 is 0 Å². The van der Waals surface area contributed by atoms with E-state index in [-0.39, 0.29) is 0 Å². The molecule has 0 unspecified atom stereocenters. The van der Waals surface area contributed by atoms with Crippen molar-refractivity contribution in [3.8, 4) is 11.4 Å². The van der Waals surface area contributed by atoms with Crippen LogP contribution in [0.25, 0.3) is 11.4 Å². The topological polar surface area (TPSA) is 64.9 Å². The van der Waals surface area contributed by atoms with Gasteiger partial charge in [0.1, 0.15) is 11.6 Å². The van der Waals surface area contributed by atoms with Crippen molar-refractivity contribution in [1.29, 1.82) is 0 Å². The maximum atomic E-state index is 5.88. The van der Waals surface area contributed by atoms with Gasteiger partial charge in [0.25, 0.3) is 0 Å². The number of aryl methyl sites for hydroxylation is 2. The summed E-state index contributed by atoms with van der Waals surface area (Å²) in [5.41, 5.74) is 7.71. The first kappa shape index (κ1) is 12.1. The van der Waals surface area contributed by atoms with Crippen molar-refractivity contribution in [2.75, 3.05) is 5.73 Å². The standard InChI is InChI=1S/C12H14BrN3O/c1-3-4-9-10(13)11(14)16-12(15-9)8-5-6-17-7(8)2/h5-6H,3-4H2,1-2H3,(H2,14,15,16). The highest BCUT2D eigenvalue weighted by molar-refractivity contribution is 9.10. The predicted molar refractivity (Wildman–Crippen MR) is 70.6 cm³/mol. The number of nitrogens with zero attached hydrogens (tertiary/aromatic N) is 2. The van der Waals surface area contributed by atoms with E-state index in [1.54, 1.807) is 6.26 Å². The van der Waals surface area contributed by atoms with Crippen molar-refractivity contribution < 1.29 is 4.42 Å². The quantitative estimate of drug-likeness (QED) is 0.943. The molecule has 0 radical (unpaired) electrons. The van der Waals surface area contributed by atoms with E-state index < -0.39 is 0 Å². The Labute approximate surface area is 108 Å². The number of anilines is 1. The molecule has 4 nitrogen and oxygen atoms in total. The lowest BCUT2D eigenvalue weighted by atomic mass is 10.2. The van der Waals surface area contributed by atoms with E-state index >= 15 is 0 Å². The second kappa shape index (κ2) is 4.87. The molecule has 17 heavy (non-hydrogen) atoms. The van der Waals surface area contributed by atoms with Gasteiger partial charge in [0.05, 0.1) is 22.0 Å². The monoisotopic (exact) mass is 295 g/mol. The molecular formula is C12H14BrN3O. The highest BCUT2D eigenvalue weighted by atomic mass is 79.9. The Morgan fingerprint density at radius 3 is 2.76 bits per heavy atom. The van der Waals surface area contributed by atoms with Gasteiger partial charge < -0.3 is 10.2 Å². The minimum atomic E-state index is 0.471. The van der Waals surface area contributed by atoms with E-state index in [1.165, 1.54) is 0 Å². The third-order valence-corrected chi connectivity index (χ3v) is 3.40. The Morgan fingerprint density at radius 1 is 1.41 bits per heavy atom. The molecule has 2 rings (SSSR count). The molecule has 2 heterocycles. The van der Waals surface area contributed by atoms with Crippen molar-refractivity contribution in [1.82, 2.24) is 9.97 Å². The molecule has 90 valence electrons. The number of hydrogen-bond acceptors (Lipinski definition) is 4. The minimum Gasteiger partial charge on any atom is -0.469 e. The van der Waals surface area contributed by atoms with Gasteiger partial charge in [0.15, 0.2) is 5.82 Å². The molecule has 0 aromatic carbocycles. The van der Waals surface area contributed by atoms with Crippen LogP contribution in [0.1, 0.15) is 24.8 Å². The lowest BCUT2D eigenvalue weighted by molar-refractivity contribution is 0.535. The average molecular weight is 296 g/mol. The van der Waals surface area contributed by atoms with Gasteiger partial charge in [-0.1, -0.05) is 13.3 Å². The fourth-order valence-corrected chi connectivity index (χ4v) is 2.03. The van der Waals surface area contributed by atoms with Crippen LogP contribution in [0.15, 0.2) is 21.2 Å². The molecule has 0 amide bonds. The highest BCUT2D eigenvalue weighted by Gasteiger charge is 2.13. The van der Waals surface area contributed by atoms with Crippen LogP contribution in [0.2, 0.25) is 0 Å². The molecule has 2 N–H and O–H groups in total. The van der Waals surface area contributed by atoms with Crippen molar-refractivity contribution in [2.45, 2.75) is 26.7 Å². The van der Waals surface area contributed by atoms with E-state index in [0.29, 0.717) is 11.6 Å². The molecule has 0 atom stereocenters. The molecule has 0 saturated heterocycles. The number of nitrogen functional groups attached to an aromatic ring is 1. The molecule has 5 heteroatoms. The van der Waals surface area contributed by atoms with Crippen LogP contribution in [0.4, 0.5) is 5.82 Å². The van der Waals surface area contributed by atoms with E-state index in [9.17, 15) is 0 Å². The summed E-state index contributed by atoms with van der Waals surface area (Å²) in [6, 6.07) is 1.85. The fourth-order valence-electron chi connectivity index (χ4n) is 1.65. The van der Waals surface area contributed by atoms with Gasteiger partial charge in [-0.3, -0.25) is 0 Å². The molecule has 2 aromatic heterocycles. The summed E-state index contributed by atoms with van der Waals surface area (Å²) in [6.07, 6.45) is 3.52. The molecule has 0 aliphatic rings. The lowest BCUT2D eigenvalue weighted by Crippen LogP contribution is -2.02. The molecule has 0 aliphatic carbocycles. The maximum Gasteiger partial charge on any atom is 0.165 e. The Kier molecular flexibility index (Phi) is 3.47. The van der Waals surface area contributed by atoms with Gasteiger partial charge in [0, 0.05) is 0 Å². The smallest absolute Gasteiger partial charge is 0.165 e. The van der Waals surface area contributed by atoms with Gasteiger partial charge in [-0.2, -0.15) is 0 Å². The van der Waals surface area contributed by atoms with Gasteiger partial charge in [0.2, 0.25) is 0 Å². The Balaban J connectivity index is 2.53. The van der Waals surface area contributed by atoms with E-state index in [0.717, 1.165) is 34.3 Å². The normalized spacial score (nSPS) is 10.8. The summed E-state index contributed by atoms with van der Waals surface area (Å²) in [4.78, 5) is 8.81. The molecule has 0 fully saturated rings. The molecule has 0 spiro atoms. The summed E-state index contributed by atoms with van der Waals surface area (Å²) in [5.74, 6) is 1.90. The molecule has 0 bridgehead atoms. The first-order valence-corrected chi connectivity index (χ1v) is 6.29. The predicted octanol–water partition coefficient (Wildman–Crippen LogP) is 3.34. The number of nitrogens with two attached hydrogens (primary N) is 1. The van der Waals surface area contributed by atoms with Crippen LogP contribution in [0.5, 0.6) is 0 Å².